The van der Waals surface area contributed by atoms with E-state index in [9.17, 15) is 9.59 Å². The number of hydrogen-bond acceptors (Lipinski definition) is 7. The first-order valence-electron chi connectivity index (χ1n) is 10.4. The molecule has 2 aliphatic heterocycles. The van der Waals surface area contributed by atoms with Crippen LogP contribution >= 0.6 is 27.3 Å². The van der Waals surface area contributed by atoms with E-state index in [0.29, 0.717) is 55.6 Å². The number of aliphatic imine (C=N–C) groups is 1. The van der Waals surface area contributed by atoms with Gasteiger partial charge in [-0.1, -0.05) is 0 Å². The summed E-state index contributed by atoms with van der Waals surface area (Å²) in [6, 6.07) is 10.8. The molecule has 0 radical (unpaired) electrons. The summed E-state index contributed by atoms with van der Waals surface area (Å²) in [6.07, 6.45) is 2.79. The highest BCUT2D eigenvalue weighted by atomic mass is 79.9. The summed E-state index contributed by atoms with van der Waals surface area (Å²) in [4.78, 5) is 32.3. The Morgan fingerprint density at radius 1 is 1.15 bits per heavy atom. The highest BCUT2D eigenvalue weighted by Gasteiger charge is 2.44. The second-order valence-corrected chi connectivity index (χ2v) is 10.0. The van der Waals surface area contributed by atoms with Crippen LogP contribution in [0.1, 0.15) is 22.5 Å². The number of carbonyl (C=O) groups is 2. The highest BCUT2D eigenvalue weighted by molar-refractivity contribution is 9.11. The fraction of sp³-hybridized carbons (Fsp3) is 0.364. The van der Waals surface area contributed by atoms with Crippen molar-refractivity contribution in [2.75, 3.05) is 43.2 Å². The molecule has 2 fully saturated rings. The third kappa shape index (κ3) is 5.42. The molecule has 9 nitrogen and oxygen atoms in total. The van der Waals surface area contributed by atoms with Gasteiger partial charge in [0.2, 0.25) is 6.19 Å². The lowest BCUT2D eigenvalue weighted by atomic mass is 9.97. The van der Waals surface area contributed by atoms with Crippen molar-refractivity contribution in [2.24, 2.45) is 4.99 Å². The molecule has 2 aliphatic rings. The number of ether oxygens (including phenoxy) is 2. The molecule has 1 atom stereocenters. The van der Waals surface area contributed by atoms with E-state index in [1.165, 1.54) is 11.3 Å². The third-order valence-electron chi connectivity index (χ3n) is 5.46. The number of benzene rings is 1. The lowest BCUT2D eigenvalue weighted by Gasteiger charge is -2.27. The van der Waals surface area contributed by atoms with Gasteiger partial charge in [0.25, 0.3) is 11.8 Å². The summed E-state index contributed by atoms with van der Waals surface area (Å²) in [5, 5.41) is 14.8. The second kappa shape index (κ2) is 10.4. The van der Waals surface area contributed by atoms with E-state index in [1.54, 1.807) is 24.3 Å². The van der Waals surface area contributed by atoms with Crippen LogP contribution in [0.2, 0.25) is 0 Å². The number of rotatable bonds is 5. The van der Waals surface area contributed by atoms with Crippen molar-refractivity contribution < 1.29 is 19.1 Å². The van der Waals surface area contributed by atoms with Crippen molar-refractivity contribution in [3.8, 4) is 6.19 Å². The van der Waals surface area contributed by atoms with Gasteiger partial charge in [0.15, 0.2) is 0 Å². The number of carbonyl (C=O) groups excluding carboxylic acids is 2. The Bertz CT molecular complexity index is 1090. The molecule has 2 amide bonds. The Hall–Kier alpha value is -2.78. The molecule has 2 saturated heterocycles. The van der Waals surface area contributed by atoms with Gasteiger partial charge in [-0.3, -0.25) is 9.59 Å². The van der Waals surface area contributed by atoms with Crippen LogP contribution in [0, 0.1) is 11.5 Å². The number of hydrogen-bond donors (Lipinski definition) is 2. The van der Waals surface area contributed by atoms with Crippen molar-refractivity contribution in [1.82, 2.24) is 5.32 Å². The number of halogens is 1. The smallest absolute Gasteiger partial charge is 0.262 e. The Morgan fingerprint density at radius 2 is 1.97 bits per heavy atom. The summed E-state index contributed by atoms with van der Waals surface area (Å²) in [5.41, 5.74) is 0.303. The third-order valence-corrected chi connectivity index (χ3v) is 7.09. The van der Waals surface area contributed by atoms with Crippen LogP contribution < -0.4 is 15.5 Å². The summed E-state index contributed by atoms with van der Waals surface area (Å²) < 4.78 is 11.8. The molecule has 1 aromatic heterocycles. The predicted molar refractivity (Wildman–Crippen MR) is 129 cm³/mol. The van der Waals surface area contributed by atoms with E-state index in [-0.39, 0.29) is 18.4 Å². The van der Waals surface area contributed by atoms with E-state index in [2.05, 4.69) is 31.6 Å². The van der Waals surface area contributed by atoms with Crippen molar-refractivity contribution >= 4 is 56.3 Å². The molecule has 1 aromatic carbocycles. The molecule has 172 valence electrons. The Labute approximate surface area is 203 Å². The van der Waals surface area contributed by atoms with Crippen molar-refractivity contribution in [3.05, 3.63) is 45.1 Å². The minimum Gasteiger partial charge on any atom is -0.379 e. The lowest BCUT2D eigenvalue weighted by molar-refractivity contribution is -0.122. The van der Waals surface area contributed by atoms with Crippen LogP contribution in [-0.4, -0.2) is 56.2 Å². The second-order valence-electron chi connectivity index (χ2n) is 7.59. The van der Waals surface area contributed by atoms with Gasteiger partial charge in [0.1, 0.15) is 11.4 Å². The number of thiophene rings is 1. The topological polar surface area (TPSA) is 116 Å². The first-order chi connectivity index (χ1) is 16.0. The first-order valence-corrected chi connectivity index (χ1v) is 12.0. The summed E-state index contributed by atoms with van der Waals surface area (Å²) in [7, 11) is 0. The quantitative estimate of drug-likeness (QED) is 0.572. The highest BCUT2D eigenvalue weighted by Crippen LogP contribution is 2.26. The van der Waals surface area contributed by atoms with Crippen LogP contribution in [0.4, 0.5) is 11.4 Å². The van der Waals surface area contributed by atoms with E-state index in [1.807, 2.05) is 23.2 Å². The van der Waals surface area contributed by atoms with E-state index in [0.717, 1.165) is 9.47 Å². The number of nitrogens with zero attached hydrogens (tertiary/aromatic N) is 3. The van der Waals surface area contributed by atoms with Gasteiger partial charge in [-0.15, -0.1) is 11.3 Å². The SMILES string of the molecule is N#CN=C1CCOCCN1c1ccc(NC(=O)[C@@]2(NC(=O)c3ccc(Br)s3)CCOC2)cc1. The molecule has 33 heavy (non-hydrogen) atoms. The van der Waals surface area contributed by atoms with Crippen molar-refractivity contribution in [1.29, 1.82) is 5.26 Å². The average molecular weight is 532 g/mol. The Kier molecular flexibility index (Phi) is 7.39. The van der Waals surface area contributed by atoms with Crippen LogP contribution in [-0.2, 0) is 14.3 Å². The predicted octanol–water partition coefficient (Wildman–Crippen LogP) is 3.14. The summed E-state index contributed by atoms with van der Waals surface area (Å²) in [5.74, 6) is 0.0118. The van der Waals surface area contributed by atoms with Crippen LogP contribution in [0.5, 0.6) is 0 Å². The summed E-state index contributed by atoms with van der Waals surface area (Å²) in [6.45, 7) is 2.13. The fourth-order valence-corrected chi connectivity index (χ4v) is 5.01. The minimum atomic E-state index is -1.14. The molecule has 0 unspecified atom stereocenters. The monoisotopic (exact) mass is 531 g/mol. The van der Waals surface area contributed by atoms with Gasteiger partial charge < -0.3 is 25.0 Å². The van der Waals surface area contributed by atoms with Crippen LogP contribution in [0.3, 0.4) is 0 Å². The number of amidine groups is 1. The zero-order chi connectivity index (χ0) is 23.3. The van der Waals surface area contributed by atoms with Gasteiger partial charge >= 0.3 is 0 Å². The number of nitrogens with one attached hydrogen (secondary N) is 2. The van der Waals surface area contributed by atoms with Crippen molar-refractivity contribution in [3.63, 3.8) is 0 Å². The minimum absolute atomic E-state index is 0.108. The van der Waals surface area contributed by atoms with Crippen molar-refractivity contribution in [2.45, 2.75) is 18.4 Å². The van der Waals surface area contributed by atoms with Gasteiger partial charge in [-0.05, 0) is 52.3 Å². The molecule has 11 heteroatoms. The molecular weight excluding hydrogens is 510 g/mol. The Balaban J connectivity index is 1.47. The zero-order valence-corrected chi connectivity index (χ0v) is 20.1. The van der Waals surface area contributed by atoms with Gasteiger partial charge in [-0.25, -0.2) is 0 Å². The van der Waals surface area contributed by atoms with Gasteiger partial charge in [-0.2, -0.15) is 10.3 Å². The average Bonchev–Trinajstić information content (AvgIpc) is 3.40. The van der Waals surface area contributed by atoms with Gasteiger partial charge in [0.05, 0.1) is 28.5 Å². The number of amides is 2. The molecule has 2 N–H and O–H groups in total. The van der Waals surface area contributed by atoms with Crippen LogP contribution in [0.15, 0.2) is 45.2 Å². The standard InChI is InChI=1S/C22H22BrN5O4S/c23-18-6-5-17(33-18)20(29)27-22(8-11-32-13-22)21(30)26-15-1-3-16(4-2-15)28-9-12-31-10-7-19(28)25-14-24/h1-6H,7-13H2,(H,26,30)(H,27,29)/t22-/m1/s1. The molecule has 0 bridgehead atoms. The molecule has 4 rings (SSSR count). The largest absolute Gasteiger partial charge is 0.379 e. The van der Waals surface area contributed by atoms with Crippen LogP contribution in [0.25, 0.3) is 0 Å². The molecular formula is C22H22BrN5O4S. The van der Waals surface area contributed by atoms with E-state index < -0.39 is 5.54 Å². The molecule has 2 aromatic rings. The maximum atomic E-state index is 13.2. The Morgan fingerprint density at radius 3 is 2.64 bits per heavy atom. The molecule has 0 saturated carbocycles. The first kappa shape index (κ1) is 23.4. The maximum absolute atomic E-state index is 13.2. The summed E-state index contributed by atoms with van der Waals surface area (Å²) >= 11 is 4.65. The molecule has 0 spiro atoms. The van der Waals surface area contributed by atoms with E-state index in [4.69, 9.17) is 14.7 Å². The number of anilines is 2. The maximum Gasteiger partial charge on any atom is 0.262 e. The molecule has 0 aliphatic carbocycles. The lowest BCUT2D eigenvalue weighted by Crippen LogP contribution is -2.57. The normalized spacial score (nSPS) is 21.9. The molecule has 3 heterocycles. The van der Waals surface area contributed by atoms with E-state index >= 15 is 0 Å². The zero-order valence-electron chi connectivity index (χ0n) is 17.7. The fourth-order valence-electron chi connectivity index (χ4n) is 3.73. The van der Waals surface area contributed by atoms with Gasteiger partial charge in [0, 0.05) is 37.4 Å². The number of nitriles is 1.